The van der Waals surface area contributed by atoms with Gasteiger partial charge in [0.15, 0.2) is 5.78 Å². The van der Waals surface area contributed by atoms with Crippen LogP contribution in [0.1, 0.15) is 27.2 Å². The molecule has 0 radical (unpaired) electrons. The highest BCUT2D eigenvalue weighted by molar-refractivity contribution is 6.00. The maximum atomic E-state index is 12.6. The van der Waals surface area contributed by atoms with Crippen molar-refractivity contribution in [2.75, 3.05) is 0 Å². The molecule has 3 rings (SSSR count). The number of nitrogens with zero attached hydrogens (tertiary/aromatic N) is 2. The minimum absolute atomic E-state index is 0.125. The van der Waals surface area contributed by atoms with Crippen molar-refractivity contribution in [3.8, 4) is 0 Å². The van der Waals surface area contributed by atoms with Gasteiger partial charge in [0.2, 0.25) is 0 Å². The molecule has 0 unspecified atom stereocenters. The van der Waals surface area contributed by atoms with Crippen molar-refractivity contribution in [1.29, 1.82) is 0 Å². The summed E-state index contributed by atoms with van der Waals surface area (Å²) in [4.78, 5) is 12.6. The van der Waals surface area contributed by atoms with E-state index in [0.29, 0.717) is 6.42 Å². The maximum absolute atomic E-state index is 12.6. The van der Waals surface area contributed by atoms with Gasteiger partial charge in [-0.1, -0.05) is 35.9 Å². The van der Waals surface area contributed by atoms with Crippen LogP contribution in [0.2, 0.25) is 0 Å². The van der Waals surface area contributed by atoms with E-state index in [2.05, 4.69) is 5.10 Å². The smallest absolute Gasteiger partial charge is 0.169 e. The molecule has 0 fully saturated rings. The monoisotopic (exact) mass is 278 g/mol. The van der Waals surface area contributed by atoms with Gasteiger partial charge in [-0.15, -0.1) is 0 Å². The zero-order valence-corrected chi connectivity index (χ0v) is 12.6. The number of carbonyl (C=O) groups excluding carboxylic acids is 1. The van der Waals surface area contributed by atoms with Crippen LogP contribution in [0.15, 0.2) is 42.5 Å². The molecule has 0 aliphatic heterocycles. The zero-order valence-electron chi connectivity index (χ0n) is 12.6. The molecule has 1 aromatic heterocycles. The van der Waals surface area contributed by atoms with Crippen molar-refractivity contribution in [3.63, 3.8) is 0 Å². The Hall–Kier alpha value is -2.42. The molecule has 0 saturated carbocycles. The summed E-state index contributed by atoms with van der Waals surface area (Å²) >= 11 is 0. The summed E-state index contributed by atoms with van der Waals surface area (Å²) in [5.41, 5.74) is 4.82. The van der Waals surface area contributed by atoms with Crippen molar-refractivity contribution in [1.82, 2.24) is 9.78 Å². The van der Waals surface area contributed by atoms with E-state index >= 15 is 0 Å². The topological polar surface area (TPSA) is 34.9 Å². The van der Waals surface area contributed by atoms with Gasteiger partial charge < -0.3 is 0 Å². The number of aryl methyl sites for hydroxylation is 3. The Morgan fingerprint density at radius 1 is 1.14 bits per heavy atom. The highest BCUT2D eigenvalue weighted by Crippen LogP contribution is 2.20. The molecule has 0 bridgehead atoms. The Bertz CT molecular complexity index is 830. The molecule has 0 N–H and O–H groups in total. The standard InChI is InChI=1S/C18H18N2O/c1-12-8-9-13(2)15(10-12)18(21)11-16-14-6-4-5-7-17(14)20(3)19-16/h4-10H,11H2,1-3H3. The molecule has 1 heterocycles. The fraction of sp³-hybridized carbons (Fsp3) is 0.222. The Kier molecular flexibility index (Phi) is 3.34. The lowest BCUT2D eigenvalue weighted by atomic mass is 9.98. The van der Waals surface area contributed by atoms with Gasteiger partial charge in [-0.3, -0.25) is 9.48 Å². The maximum Gasteiger partial charge on any atom is 0.169 e. The average Bonchev–Trinajstić information content (AvgIpc) is 2.78. The summed E-state index contributed by atoms with van der Waals surface area (Å²) in [5.74, 6) is 0.125. The second kappa shape index (κ2) is 5.17. The van der Waals surface area contributed by atoms with Gasteiger partial charge in [0.25, 0.3) is 0 Å². The number of hydrogen-bond acceptors (Lipinski definition) is 2. The molecular weight excluding hydrogens is 260 g/mol. The first-order valence-electron chi connectivity index (χ1n) is 7.07. The molecule has 0 aliphatic rings. The first kappa shape index (κ1) is 13.6. The van der Waals surface area contributed by atoms with Crippen LogP contribution >= 0.6 is 0 Å². The summed E-state index contributed by atoms with van der Waals surface area (Å²) in [7, 11) is 1.91. The molecule has 3 nitrogen and oxygen atoms in total. The van der Waals surface area contributed by atoms with E-state index in [-0.39, 0.29) is 5.78 Å². The highest BCUT2D eigenvalue weighted by Gasteiger charge is 2.15. The molecule has 0 aliphatic carbocycles. The predicted molar refractivity (Wildman–Crippen MR) is 84.7 cm³/mol. The fourth-order valence-electron chi connectivity index (χ4n) is 2.70. The molecular formula is C18H18N2O. The number of para-hydroxylation sites is 1. The number of benzene rings is 2. The molecule has 0 saturated heterocycles. The molecule has 0 spiro atoms. The molecule has 0 atom stereocenters. The van der Waals surface area contributed by atoms with Gasteiger partial charge in [-0.25, -0.2) is 0 Å². The van der Waals surface area contributed by atoms with E-state index in [1.165, 1.54) is 0 Å². The summed E-state index contributed by atoms with van der Waals surface area (Å²) in [5, 5.41) is 5.56. The zero-order chi connectivity index (χ0) is 15.0. The van der Waals surface area contributed by atoms with E-state index in [9.17, 15) is 4.79 Å². The van der Waals surface area contributed by atoms with Crippen molar-refractivity contribution >= 4 is 16.7 Å². The number of Topliss-reactive ketones (excluding diaryl/α,β-unsaturated/α-hetero) is 1. The van der Waals surface area contributed by atoms with Crippen LogP contribution < -0.4 is 0 Å². The van der Waals surface area contributed by atoms with Crippen LogP contribution in [0.25, 0.3) is 10.9 Å². The van der Waals surface area contributed by atoms with E-state index in [1.54, 1.807) is 0 Å². The highest BCUT2D eigenvalue weighted by atomic mass is 16.1. The van der Waals surface area contributed by atoms with Crippen LogP contribution in [0.3, 0.4) is 0 Å². The fourth-order valence-corrected chi connectivity index (χ4v) is 2.70. The van der Waals surface area contributed by atoms with Crippen LogP contribution in [0.4, 0.5) is 0 Å². The van der Waals surface area contributed by atoms with Gasteiger partial charge in [-0.2, -0.15) is 5.10 Å². The lowest BCUT2D eigenvalue weighted by Gasteiger charge is -2.05. The number of aromatic nitrogens is 2. The summed E-state index contributed by atoms with van der Waals surface area (Å²) in [6.45, 7) is 3.98. The number of fused-ring (bicyclic) bond motifs is 1. The van der Waals surface area contributed by atoms with E-state index in [4.69, 9.17) is 0 Å². The van der Waals surface area contributed by atoms with Crippen molar-refractivity contribution in [2.45, 2.75) is 20.3 Å². The Labute approximate surface area is 124 Å². The summed E-state index contributed by atoms with van der Waals surface area (Å²) < 4.78 is 1.83. The van der Waals surface area contributed by atoms with Gasteiger partial charge >= 0.3 is 0 Å². The largest absolute Gasteiger partial charge is 0.294 e. The Morgan fingerprint density at radius 2 is 1.90 bits per heavy atom. The third-order valence-electron chi connectivity index (χ3n) is 3.86. The lowest BCUT2D eigenvalue weighted by molar-refractivity contribution is 0.0991. The third-order valence-corrected chi connectivity index (χ3v) is 3.86. The third kappa shape index (κ3) is 2.47. The number of hydrogen-bond donors (Lipinski definition) is 0. The Morgan fingerprint density at radius 3 is 2.71 bits per heavy atom. The summed E-state index contributed by atoms with van der Waals surface area (Å²) in [6.07, 6.45) is 0.339. The van der Waals surface area contributed by atoms with Gasteiger partial charge in [-0.05, 0) is 31.5 Å². The normalized spacial score (nSPS) is 11.0. The minimum atomic E-state index is 0.125. The van der Waals surface area contributed by atoms with Gasteiger partial charge in [0.1, 0.15) is 0 Å². The van der Waals surface area contributed by atoms with Crippen molar-refractivity contribution < 1.29 is 4.79 Å². The van der Waals surface area contributed by atoms with Gasteiger partial charge in [0.05, 0.1) is 17.6 Å². The number of carbonyl (C=O) groups is 1. The lowest BCUT2D eigenvalue weighted by Crippen LogP contribution is -2.07. The molecule has 3 heteroatoms. The Balaban J connectivity index is 1.99. The molecule has 21 heavy (non-hydrogen) atoms. The number of ketones is 1. The van der Waals surface area contributed by atoms with Gasteiger partial charge in [0, 0.05) is 18.0 Å². The SMILES string of the molecule is Cc1ccc(C)c(C(=O)Cc2nn(C)c3ccccc23)c1. The molecule has 0 amide bonds. The average molecular weight is 278 g/mol. The second-order valence-electron chi connectivity index (χ2n) is 5.51. The van der Waals surface area contributed by atoms with E-state index < -0.39 is 0 Å². The summed E-state index contributed by atoms with van der Waals surface area (Å²) in [6, 6.07) is 14.0. The first-order valence-corrected chi connectivity index (χ1v) is 7.07. The van der Waals surface area contributed by atoms with Crippen LogP contribution in [-0.4, -0.2) is 15.6 Å². The molecule has 2 aromatic carbocycles. The van der Waals surface area contributed by atoms with Crippen LogP contribution in [-0.2, 0) is 13.5 Å². The van der Waals surface area contributed by atoms with E-state index in [1.807, 2.05) is 68.0 Å². The quantitative estimate of drug-likeness (QED) is 0.686. The van der Waals surface area contributed by atoms with Crippen LogP contribution in [0, 0.1) is 13.8 Å². The van der Waals surface area contributed by atoms with E-state index in [0.717, 1.165) is 33.3 Å². The number of rotatable bonds is 3. The predicted octanol–water partition coefficient (Wildman–Crippen LogP) is 3.62. The second-order valence-corrected chi connectivity index (χ2v) is 5.51. The first-order chi connectivity index (χ1) is 10.1. The van der Waals surface area contributed by atoms with Crippen molar-refractivity contribution in [2.24, 2.45) is 7.05 Å². The van der Waals surface area contributed by atoms with Crippen LogP contribution in [0.5, 0.6) is 0 Å². The molecule has 106 valence electrons. The minimum Gasteiger partial charge on any atom is -0.294 e. The van der Waals surface area contributed by atoms with Crippen molar-refractivity contribution in [3.05, 3.63) is 64.8 Å². The molecule has 3 aromatic rings.